The van der Waals surface area contributed by atoms with Crippen molar-refractivity contribution in [1.29, 1.82) is 0 Å². The van der Waals surface area contributed by atoms with Crippen molar-refractivity contribution in [3.05, 3.63) is 35.6 Å². The van der Waals surface area contributed by atoms with E-state index in [1.807, 2.05) is 0 Å². The monoisotopic (exact) mass is 209 g/mol. The fourth-order valence-corrected chi connectivity index (χ4v) is 1.05. The number of carbonyl (C=O) groups excluding carboxylic acids is 1. The molecule has 3 nitrogen and oxygen atoms in total. The van der Waals surface area contributed by atoms with E-state index in [0.29, 0.717) is 17.9 Å². The molecular weight excluding hydrogens is 197 g/mol. The second-order valence-electron chi connectivity index (χ2n) is 2.90. The lowest BCUT2D eigenvalue weighted by molar-refractivity contribution is 0.163. The van der Waals surface area contributed by atoms with Gasteiger partial charge in [-0.15, -0.1) is 0 Å². The van der Waals surface area contributed by atoms with Gasteiger partial charge in [0.25, 0.3) is 0 Å². The van der Waals surface area contributed by atoms with Gasteiger partial charge in [0.05, 0.1) is 12.3 Å². The third-order valence-corrected chi connectivity index (χ3v) is 1.79. The molecule has 0 aromatic heterocycles. The Labute approximate surface area is 87.6 Å². The molecule has 0 saturated heterocycles. The summed E-state index contributed by atoms with van der Waals surface area (Å²) in [4.78, 5) is 14.7. The van der Waals surface area contributed by atoms with Crippen LogP contribution in [0.2, 0.25) is 0 Å². The molecule has 4 heteroatoms. The number of amides is 1. The van der Waals surface area contributed by atoms with E-state index in [-0.39, 0.29) is 5.82 Å². The summed E-state index contributed by atoms with van der Waals surface area (Å²) in [5.74, 6) is -0.317. The Morgan fingerprint density at radius 1 is 1.40 bits per heavy atom. The van der Waals surface area contributed by atoms with Gasteiger partial charge in [0.1, 0.15) is 5.82 Å². The molecule has 15 heavy (non-hydrogen) atoms. The molecule has 0 fully saturated rings. The molecule has 0 aliphatic rings. The quantitative estimate of drug-likeness (QED) is 0.702. The van der Waals surface area contributed by atoms with Gasteiger partial charge in [-0.2, -0.15) is 4.99 Å². The number of benzene rings is 1. The summed E-state index contributed by atoms with van der Waals surface area (Å²) in [6.07, 6.45) is -0.626. The third kappa shape index (κ3) is 3.50. The van der Waals surface area contributed by atoms with Gasteiger partial charge >= 0.3 is 6.09 Å². The van der Waals surface area contributed by atoms with Crippen LogP contribution in [0.25, 0.3) is 0 Å². The number of aliphatic imine (C=N–C) groups is 1. The van der Waals surface area contributed by atoms with Crippen molar-refractivity contribution in [2.75, 3.05) is 6.61 Å². The minimum Gasteiger partial charge on any atom is -0.448 e. The smallest absolute Gasteiger partial charge is 0.433 e. The Bertz CT molecular complexity index is 371. The fourth-order valence-electron chi connectivity index (χ4n) is 1.05. The first-order valence-corrected chi connectivity index (χ1v) is 4.61. The zero-order chi connectivity index (χ0) is 11.3. The number of nitrogens with zero attached hydrogens (tertiary/aromatic N) is 1. The summed E-state index contributed by atoms with van der Waals surface area (Å²) in [7, 11) is 0. The largest absolute Gasteiger partial charge is 0.448 e. The summed E-state index contributed by atoms with van der Waals surface area (Å²) in [5.41, 5.74) is 1.21. The molecule has 0 spiro atoms. The molecule has 80 valence electrons. The molecule has 0 atom stereocenters. The molecule has 0 heterocycles. The van der Waals surface area contributed by atoms with Crippen LogP contribution >= 0.6 is 0 Å². The number of ether oxygens (including phenoxy) is 1. The lowest BCUT2D eigenvalue weighted by Crippen LogP contribution is -2.03. The molecule has 0 radical (unpaired) electrons. The Balaban J connectivity index is 2.79. The van der Waals surface area contributed by atoms with Crippen LogP contribution in [0.15, 0.2) is 29.3 Å². The van der Waals surface area contributed by atoms with Crippen LogP contribution in [0.4, 0.5) is 9.18 Å². The lowest BCUT2D eigenvalue weighted by Gasteiger charge is -2.00. The SMILES string of the molecule is CCOC(=O)N=C(C)c1ccc(F)cc1. The van der Waals surface area contributed by atoms with E-state index in [4.69, 9.17) is 0 Å². The molecule has 1 aromatic rings. The van der Waals surface area contributed by atoms with E-state index >= 15 is 0 Å². The second-order valence-corrected chi connectivity index (χ2v) is 2.90. The highest BCUT2D eigenvalue weighted by molar-refractivity contribution is 6.03. The topological polar surface area (TPSA) is 38.7 Å². The number of rotatable bonds is 2. The van der Waals surface area contributed by atoms with Crippen LogP contribution in [0, 0.1) is 5.82 Å². The van der Waals surface area contributed by atoms with Gasteiger partial charge in [0.15, 0.2) is 0 Å². The maximum absolute atomic E-state index is 12.6. The van der Waals surface area contributed by atoms with Gasteiger partial charge in [0.2, 0.25) is 0 Å². The first kappa shape index (κ1) is 11.4. The van der Waals surface area contributed by atoms with Crippen molar-refractivity contribution < 1.29 is 13.9 Å². The average Bonchev–Trinajstić information content (AvgIpc) is 2.18. The molecule has 0 saturated carbocycles. The molecule has 0 bridgehead atoms. The van der Waals surface area contributed by atoms with Gasteiger partial charge < -0.3 is 4.74 Å². The normalized spacial score (nSPS) is 11.3. The third-order valence-electron chi connectivity index (χ3n) is 1.79. The molecule has 1 rings (SSSR count). The Morgan fingerprint density at radius 2 is 2.00 bits per heavy atom. The highest BCUT2D eigenvalue weighted by atomic mass is 19.1. The summed E-state index contributed by atoms with van der Waals surface area (Å²) in [6, 6.07) is 5.76. The van der Waals surface area contributed by atoms with Gasteiger partial charge in [-0.1, -0.05) is 12.1 Å². The minimum atomic E-state index is -0.626. The predicted molar refractivity (Wildman–Crippen MR) is 55.6 cm³/mol. The molecule has 0 N–H and O–H groups in total. The number of hydrogen-bond donors (Lipinski definition) is 0. The molecule has 1 amide bonds. The van der Waals surface area contributed by atoms with Gasteiger partial charge in [-0.3, -0.25) is 0 Å². The van der Waals surface area contributed by atoms with Crippen LogP contribution in [-0.2, 0) is 4.74 Å². The Kier molecular flexibility index (Phi) is 3.97. The standard InChI is InChI=1S/C11H12FNO2/c1-3-15-11(14)13-8(2)9-4-6-10(12)7-5-9/h4-7H,3H2,1-2H3. The van der Waals surface area contributed by atoms with E-state index in [9.17, 15) is 9.18 Å². The maximum Gasteiger partial charge on any atom is 0.433 e. The van der Waals surface area contributed by atoms with Crippen LogP contribution in [0.1, 0.15) is 19.4 Å². The Morgan fingerprint density at radius 3 is 2.53 bits per heavy atom. The van der Waals surface area contributed by atoms with E-state index in [1.165, 1.54) is 12.1 Å². The number of carbonyl (C=O) groups is 1. The number of halogens is 1. The van der Waals surface area contributed by atoms with Crippen LogP contribution in [0.5, 0.6) is 0 Å². The van der Waals surface area contributed by atoms with Gasteiger partial charge in [0, 0.05) is 0 Å². The predicted octanol–water partition coefficient (Wildman–Crippen LogP) is 2.79. The van der Waals surface area contributed by atoms with Crippen molar-refractivity contribution in [3.8, 4) is 0 Å². The summed E-state index contributed by atoms with van der Waals surface area (Å²) in [5, 5.41) is 0. The van der Waals surface area contributed by atoms with Crippen LogP contribution in [-0.4, -0.2) is 18.4 Å². The minimum absolute atomic E-state index is 0.291. The molecule has 1 aromatic carbocycles. The van der Waals surface area contributed by atoms with Crippen LogP contribution in [0.3, 0.4) is 0 Å². The second kappa shape index (κ2) is 5.24. The first-order chi connectivity index (χ1) is 7.13. The van der Waals surface area contributed by atoms with E-state index < -0.39 is 6.09 Å². The number of hydrogen-bond acceptors (Lipinski definition) is 2. The zero-order valence-electron chi connectivity index (χ0n) is 8.66. The average molecular weight is 209 g/mol. The molecule has 0 aliphatic heterocycles. The summed E-state index contributed by atoms with van der Waals surface area (Å²) >= 11 is 0. The van der Waals surface area contributed by atoms with E-state index in [1.54, 1.807) is 26.0 Å². The molecule has 0 unspecified atom stereocenters. The first-order valence-electron chi connectivity index (χ1n) is 4.61. The highest BCUT2D eigenvalue weighted by Crippen LogP contribution is 2.04. The van der Waals surface area contributed by atoms with Crippen molar-refractivity contribution >= 4 is 11.8 Å². The summed E-state index contributed by atoms with van der Waals surface area (Å²) in [6.45, 7) is 3.67. The van der Waals surface area contributed by atoms with Crippen molar-refractivity contribution in [2.45, 2.75) is 13.8 Å². The van der Waals surface area contributed by atoms with E-state index in [2.05, 4.69) is 9.73 Å². The fraction of sp³-hybridized carbons (Fsp3) is 0.273. The van der Waals surface area contributed by atoms with E-state index in [0.717, 1.165) is 0 Å². The Hall–Kier alpha value is -1.71. The van der Waals surface area contributed by atoms with Crippen molar-refractivity contribution in [3.63, 3.8) is 0 Å². The van der Waals surface area contributed by atoms with Gasteiger partial charge in [-0.25, -0.2) is 9.18 Å². The molecular formula is C11H12FNO2. The van der Waals surface area contributed by atoms with Crippen molar-refractivity contribution in [1.82, 2.24) is 0 Å². The highest BCUT2D eigenvalue weighted by Gasteiger charge is 2.02. The molecule has 0 aliphatic carbocycles. The van der Waals surface area contributed by atoms with Gasteiger partial charge in [-0.05, 0) is 31.5 Å². The summed E-state index contributed by atoms with van der Waals surface area (Å²) < 4.78 is 17.3. The van der Waals surface area contributed by atoms with Crippen LogP contribution < -0.4 is 0 Å². The zero-order valence-corrected chi connectivity index (χ0v) is 8.66. The maximum atomic E-state index is 12.6. The van der Waals surface area contributed by atoms with Crippen molar-refractivity contribution in [2.24, 2.45) is 4.99 Å². The lowest BCUT2D eigenvalue weighted by atomic mass is 10.1.